The van der Waals surface area contributed by atoms with E-state index in [4.69, 9.17) is 14.2 Å². The number of pyridine rings is 1. The molecule has 4 heteroatoms. The summed E-state index contributed by atoms with van der Waals surface area (Å²) in [5.41, 5.74) is 4.89. The summed E-state index contributed by atoms with van der Waals surface area (Å²) in [6, 6.07) is 41.8. The highest BCUT2D eigenvalue weighted by atomic mass is 16.5. The van der Waals surface area contributed by atoms with Gasteiger partial charge in [0.05, 0.1) is 26.4 Å². The minimum atomic E-state index is 0.554. The van der Waals surface area contributed by atoms with Crippen LogP contribution in [0.2, 0.25) is 0 Å². The third-order valence-electron chi connectivity index (χ3n) is 8.34. The van der Waals surface area contributed by atoms with Crippen molar-refractivity contribution >= 4 is 43.1 Å². The van der Waals surface area contributed by atoms with Crippen LogP contribution in [0.1, 0.15) is 0 Å². The Bertz CT molecular complexity index is 1840. The Kier molecular flexibility index (Phi) is 8.29. The van der Waals surface area contributed by atoms with Crippen molar-refractivity contribution in [3.8, 4) is 22.3 Å². The molecule has 0 saturated heterocycles. The molecule has 7 rings (SSSR count). The van der Waals surface area contributed by atoms with E-state index in [1.807, 2.05) is 0 Å². The highest BCUT2D eigenvalue weighted by molar-refractivity contribution is 6.15. The molecule has 44 heavy (non-hydrogen) atoms. The molecule has 0 aliphatic rings. The smallest absolute Gasteiger partial charge is 0.176 e. The first kappa shape index (κ1) is 28.2. The summed E-state index contributed by atoms with van der Waals surface area (Å²) >= 11 is 0. The minimum Gasteiger partial charge on any atom is -0.382 e. The van der Waals surface area contributed by atoms with Crippen molar-refractivity contribution in [2.75, 3.05) is 40.1 Å². The van der Waals surface area contributed by atoms with E-state index in [1.54, 1.807) is 7.11 Å². The second-order valence-corrected chi connectivity index (χ2v) is 11.2. The fraction of sp³-hybridized carbons (Fsp3) is 0.175. The zero-order valence-corrected chi connectivity index (χ0v) is 25.0. The standard InChI is InChI=1S/C40H36NO3/c1-42-20-21-44-23-22-43-19-18-41-27-33(39-35-14-6-2-10-29(35)24-30-11-3-7-15-36(30)39)26-34(28-41)40-37-16-8-4-12-31(37)25-32-13-5-9-17-38(32)40/h2-17,24-28H,18-23H2,1H3/q+1. The van der Waals surface area contributed by atoms with Crippen LogP contribution in [0.15, 0.2) is 128 Å². The number of methoxy groups -OCH3 is 1. The summed E-state index contributed by atoms with van der Waals surface area (Å²) in [7, 11) is 1.68. The lowest BCUT2D eigenvalue weighted by molar-refractivity contribution is -0.697. The molecule has 0 bridgehead atoms. The van der Waals surface area contributed by atoms with E-state index in [0.29, 0.717) is 33.0 Å². The van der Waals surface area contributed by atoms with Gasteiger partial charge in [0, 0.05) is 29.4 Å². The third-order valence-corrected chi connectivity index (χ3v) is 8.34. The van der Waals surface area contributed by atoms with Crippen molar-refractivity contribution in [3.63, 3.8) is 0 Å². The fourth-order valence-electron chi connectivity index (χ4n) is 6.32. The molecule has 6 aromatic carbocycles. The number of rotatable bonds is 11. The average Bonchev–Trinajstić information content (AvgIpc) is 3.07. The number of nitrogens with zero attached hydrogens (tertiary/aromatic N) is 1. The van der Waals surface area contributed by atoms with Crippen molar-refractivity contribution in [2.24, 2.45) is 0 Å². The second-order valence-electron chi connectivity index (χ2n) is 11.2. The Hall–Kier alpha value is -4.61. The summed E-state index contributed by atoms with van der Waals surface area (Å²) in [5, 5.41) is 9.97. The van der Waals surface area contributed by atoms with Gasteiger partial charge in [0.15, 0.2) is 18.9 Å². The quantitative estimate of drug-likeness (QED) is 0.0875. The van der Waals surface area contributed by atoms with E-state index in [2.05, 4.69) is 132 Å². The highest BCUT2D eigenvalue weighted by Crippen LogP contribution is 2.40. The lowest BCUT2D eigenvalue weighted by atomic mass is 9.89. The van der Waals surface area contributed by atoms with Gasteiger partial charge in [-0.1, -0.05) is 97.1 Å². The van der Waals surface area contributed by atoms with Gasteiger partial charge in [-0.05, 0) is 61.3 Å². The van der Waals surface area contributed by atoms with E-state index < -0.39 is 0 Å². The maximum Gasteiger partial charge on any atom is 0.176 e. The average molecular weight is 579 g/mol. The number of fused-ring (bicyclic) bond motifs is 4. The van der Waals surface area contributed by atoms with E-state index in [0.717, 1.165) is 6.54 Å². The monoisotopic (exact) mass is 578 g/mol. The first-order chi connectivity index (χ1) is 21.8. The van der Waals surface area contributed by atoms with E-state index >= 15 is 0 Å². The SMILES string of the molecule is COCCOCCOCC[n+]1cc(-c2c3ccccc3cc3ccccc23)cc(-c2c3ccccc3cc3ccccc23)c1. The van der Waals surface area contributed by atoms with E-state index in [-0.39, 0.29) is 0 Å². The van der Waals surface area contributed by atoms with Crippen LogP contribution >= 0.6 is 0 Å². The molecule has 0 aliphatic carbocycles. The molecule has 0 N–H and O–H groups in total. The lowest BCUT2D eigenvalue weighted by Crippen LogP contribution is -2.36. The van der Waals surface area contributed by atoms with E-state index in [1.165, 1.54) is 65.3 Å². The first-order valence-corrected chi connectivity index (χ1v) is 15.3. The van der Waals surface area contributed by atoms with Crippen LogP contribution in [0, 0.1) is 0 Å². The molecule has 1 heterocycles. The summed E-state index contributed by atoms with van der Waals surface area (Å²) < 4.78 is 18.9. The predicted octanol–water partition coefficient (Wildman–Crippen LogP) is 8.60. The molecule has 1 aromatic heterocycles. The molecule has 0 spiro atoms. The summed E-state index contributed by atoms with van der Waals surface area (Å²) in [6.45, 7) is 3.61. The molecule has 0 saturated carbocycles. The molecule has 7 aromatic rings. The highest BCUT2D eigenvalue weighted by Gasteiger charge is 2.19. The number of aromatic nitrogens is 1. The third kappa shape index (κ3) is 5.68. The van der Waals surface area contributed by atoms with Gasteiger partial charge >= 0.3 is 0 Å². The number of benzene rings is 6. The normalized spacial score (nSPS) is 11.7. The molecule has 0 unspecified atom stereocenters. The molecule has 4 nitrogen and oxygen atoms in total. The Morgan fingerprint density at radius 3 is 1.27 bits per heavy atom. The van der Waals surface area contributed by atoms with Crippen molar-refractivity contribution in [3.05, 3.63) is 128 Å². The van der Waals surface area contributed by atoms with Gasteiger partial charge in [-0.25, -0.2) is 4.57 Å². The van der Waals surface area contributed by atoms with Gasteiger partial charge in [0.25, 0.3) is 0 Å². The van der Waals surface area contributed by atoms with Crippen LogP contribution in [0.5, 0.6) is 0 Å². The van der Waals surface area contributed by atoms with Crippen LogP contribution in [-0.2, 0) is 20.8 Å². The Balaban J connectivity index is 1.39. The Morgan fingerprint density at radius 2 is 0.841 bits per heavy atom. The number of ether oxygens (including phenoxy) is 3. The number of hydrogen-bond acceptors (Lipinski definition) is 3. The topological polar surface area (TPSA) is 31.6 Å². The van der Waals surface area contributed by atoms with Gasteiger partial charge in [0.2, 0.25) is 0 Å². The van der Waals surface area contributed by atoms with Gasteiger partial charge < -0.3 is 14.2 Å². The maximum absolute atomic E-state index is 6.00. The summed E-state index contributed by atoms with van der Waals surface area (Å²) in [6.07, 6.45) is 4.56. The summed E-state index contributed by atoms with van der Waals surface area (Å²) in [4.78, 5) is 0. The second kappa shape index (κ2) is 12.9. The zero-order chi connectivity index (χ0) is 29.7. The zero-order valence-electron chi connectivity index (χ0n) is 25.0. The fourth-order valence-corrected chi connectivity index (χ4v) is 6.32. The first-order valence-electron chi connectivity index (χ1n) is 15.3. The lowest BCUT2D eigenvalue weighted by Gasteiger charge is -2.15. The predicted molar refractivity (Wildman–Crippen MR) is 181 cm³/mol. The Morgan fingerprint density at radius 1 is 0.455 bits per heavy atom. The van der Waals surface area contributed by atoms with Crippen molar-refractivity contribution in [2.45, 2.75) is 6.54 Å². The van der Waals surface area contributed by atoms with Gasteiger partial charge in [-0.3, -0.25) is 0 Å². The van der Waals surface area contributed by atoms with Gasteiger partial charge in [-0.15, -0.1) is 0 Å². The molecule has 0 radical (unpaired) electrons. The van der Waals surface area contributed by atoms with Crippen LogP contribution in [-0.4, -0.2) is 40.1 Å². The maximum atomic E-state index is 6.00. The molecule has 218 valence electrons. The van der Waals surface area contributed by atoms with Gasteiger partial charge in [-0.2, -0.15) is 0 Å². The Labute approximate surface area is 258 Å². The van der Waals surface area contributed by atoms with E-state index in [9.17, 15) is 0 Å². The minimum absolute atomic E-state index is 0.554. The van der Waals surface area contributed by atoms with Crippen LogP contribution in [0.4, 0.5) is 0 Å². The van der Waals surface area contributed by atoms with Crippen molar-refractivity contribution in [1.82, 2.24) is 0 Å². The van der Waals surface area contributed by atoms with Crippen LogP contribution in [0.3, 0.4) is 0 Å². The largest absolute Gasteiger partial charge is 0.382 e. The molecular weight excluding hydrogens is 542 g/mol. The summed E-state index contributed by atoms with van der Waals surface area (Å²) in [5.74, 6) is 0. The molecular formula is C40H36NO3+. The van der Waals surface area contributed by atoms with Gasteiger partial charge in [0.1, 0.15) is 6.61 Å². The molecule has 0 atom stereocenters. The van der Waals surface area contributed by atoms with Crippen molar-refractivity contribution in [1.29, 1.82) is 0 Å². The van der Waals surface area contributed by atoms with Crippen LogP contribution in [0.25, 0.3) is 65.3 Å². The molecule has 0 aliphatic heterocycles. The van der Waals surface area contributed by atoms with Crippen LogP contribution < -0.4 is 4.57 Å². The molecule has 0 amide bonds. The number of hydrogen-bond donors (Lipinski definition) is 0. The molecule has 0 fully saturated rings. The van der Waals surface area contributed by atoms with Crippen molar-refractivity contribution < 1.29 is 18.8 Å².